The molecule has 0 bridgehead atoms. The molecule has 1 aromatic rings. The van der Waals surface area contributed by atoms with Gasteiger partial charge in [0.1, 0.15) is 28.7 Å². The van der Waals surface area contributed by atoms with Gasteiger partial charge in [-0.15, -0.1) is 0 Å². The van der Waals surface area contributed by atoms with Crippen molar-refractivity contribution in [1.82, 2.24) is 21.4 Å². The van der Waals surface area contributed by atoms with E-state index in [2.05, 4.69) is 32.5 Å². The number of alkyl carbamates (subject to hydrolysis) is 1. The number of nitrogens with one attached hydrogen (secondary N) is 4. The molecule has 0 saturated carbocycles. The molecule has 0 radical (unpaired) electrons. The maximum Gasteiger partial charge on any atom is 0.431 e. The summed E-state index contributed by atoms with van der Waals surface area (Å²) in [5.74, 6) is 0.899. The average Bonchev–Trinajstić information content (AvgIpc) is 2.92. The van der Waals surface area contributed by atoms with E-state index in [-0.39, 0.29) is 26.3 Å². The zero-order valence-corrected chi connectivity index (χ0v) is 30.9. The van der Waals surface area contributed by atoms with Gasteiger partial charge in [-0.25, -0.2) is 19.2 Å². The molecule has 0 fully saturated rings. The average molecular weight is 754 g/mol. The number of fused-ring (bicyclic) bond motifs is 1. The number of rotatable bonds is 9. The van der Waals surface area contributed by atoms with E-state index in [1.54, 1.807) is 48.5 Å². The first-order valence-electron chi connectivity index (χ1n) is 15.9. The fourth-order valence-electron chi connectivity index (χ4n) is 4.80. The molecule has 2 aliphatic heterocycles. The minimum absolute atomic E-state index is 0. The first-order valence-corrected chi connectivity index (χ1v) is 15.9. The van der Waals surface area contributed by atoms with Crippen LogP contribution < -0.4 is 26.2 Å². The molecular weight excluding hydrogens is 701 g/mol. The van der Waals surface area contributed by atoms with Crippen LogP contribution in [0.1, 0.15) is 99.1 Å². The van der Waals surface area contributed by atoms with Crippen molar-refractivity contribution < 1.29 is 58.6 Å². The van der Waals surface area contributed by atoms with E-state index < -0.39 is 46.7 Å². The summed E-state index contributed by atoms with van der Waals surface area (Å²) in [5, 5.41) is 9.39. The number of hydrogen-bond acceptors (Lipinski definition) is 11. The van der Waals surface area contributed by atoms with E-state index in [1.165, 1.54) is 0 Å². The number of guanidine groups is 1. The van der Waals surface area contributed by atoms with E-state index in [4.69, 9.17) is 23.8 Å². The van der Waals surface area contributed by atoms with E-state index in [9.17, 15) is 14.4 Å². The first-order chi connectivity index (χ1) is 21.2. The maximum atomic E-state index is 13.4. The molecule has 2 amide bonds. The molecule has 14 heteroatoms. The molecule has 4 N–H and O–H groups in total. The van der Waals surface area contributed by atoms with Crippen molar-refractivity contribution in [3.8, 4) is 5.75 Å². The molecule has 2 unspecified atom stereocenters. The van der Waals surface area contributed by atoms with Crippen LogP contribution in [-0.2, 0) is 50.7 Å². The third-order valence-corrected chi connectivity index (χ3v) is 6.96. The molecule has 1 aromatic carbocycles. The van der Waals surface area contributed by atoms with Crippen molar-refractivity contribution in [2.75, 3.05) is 26.2 Å². The molecule has 0 aromatic heterocycles. The third-order valence-electron chi connectivity index (χ3n) is 6.96. The first kappa shape index (κ1) is 40.1. The predicted octanol–water partition coefficient (Wildman–Crippen LogP) is 4.48. The molecule has 3 rings (SSSR count). The molecule has 0 saturated heterocycles. The predicted molar refractivity (Wildman–Crippen MR) is 174 cm³/mol. The molecule has 0 aliphatic carbocycles. The molecule has 47 heavy (non-hydrogen) atoms. The smallest absolute Gasteiger partial charge is 0.431 e. The van der Waals surface area contributed by atoms with Gasteiger partial charge in [-0.1, -0.05) is 12.1 Å². The Labute approximate surface area is 292 Å². The molecule has 2 heterocycles. The largest absolute Gasteiger partial charge is 0.486 e. The molecule has 2 aliphatic rings. The second-order valence-electron chi connectivity index (χ2n) is 14.8. The molecule has 3 atom stereocenters. The van der Waals surface area contributed by atoms with Crippen LogP contribution in [0.25, 0.3) is 0 Å². The minimum Gasteiger partial charge on any atom is -0.486 e. The zero-order valence-electron chi connectivity index (χ0n) is 29.4. The number of amides is 2. The summed E-state index contributed by atoms with van der Waals surface area (Å²) >= 11 is 0. The summed E-state index contributed by atoms with van der Waals surface area (Å²) in [6, 6.07) is 6.04. The summed E-state index contributed by atoms with van der Waals surface area (Å²) in [6.07, 6.45) is -0.153. The fourth-order valence-corrected chi connectivity index (χ4v) is 4.80. The summed E-state index contributed by atoms with van der Waals surface area (Å²) < 4.78 is 22.5. The van der Waals surface area contributed by atoms with Crippen molar-refractivity contribution >= 4 is 24.1 Å². The van der Waals surface area contributed by atoms with Crippen molar-refractivity contribution in [2.45, 2.75) is 123 Å². The van der Waals surface area contributed by atoms with Gasteiger partial charge in [0.25, 0.3) is 0 Å². The number of aliphatic imine (C=N–C) groups is 1. The number of ether oxygens (including phenoxy) is 4. The van der Waals surface area contributed by atoms with Gasteiger partial charge >= 0.3 is 18.2 Å². The second-order valence-corrected chi connectivity index (χ2v) is 14.8. The quantitative estimate of drug-likeness (QED) is 0.0932. The maximum absolute atomic E-state index is 13.4. The van der Waals surface area contributed by atoms with E-state index in [0.29, 0.717) is 44.8 Å². The summed E-state index contributed by atoms with van der Waals surface area (Å²) in [5.41, 5.74) is 0.737. The minimum atomic E-state index is -1.64. The molecular formula is C33H53N5O8Pd. The van der Waals surface area contributed by atoms with Crippen molar-refractivity contribution in [2.24, 2.45) is 4.99 Å². The normalized spacial score (nSPS) is 19.1. The van der Waals surface area contributed by atoms with Crippen LogP contribution in [0.5, 0.6) is 5.75 Å². The summed E-state index contributed by atoms with van der Waals surface area (Å²) in [4.78, 5) is 47.9. The Kier molecular flexibility index (Phi) is 14.0. The number of hydrogen-bond donors (Lipinski definition) is 4. The summed E-state index contributed by atoms with van der Waals surface area (Å²) in [6.45, 7) is 20.0. The Bertz CT molecular complexity index is 1270. The fraction of sp³-hybridized carbons (Fsp3) is 0.697. The number of esters is 1. The number of benzene rings is 1. The van der Waals surface area contributed by atoms with Crippen molar-refractivity contribution in [1.29, 1.82) is 0 Å². The van der Waals surface area contributed by atoms with E-state index >= 15 is 0 Å². The van der Waals surface area contributed by atoms with E-state index in [1.807, 2.05) is 32.9 Å². The number of hydroxylamine groups is 1. The van der Waals surface area contributed by atoms with Gasteiger partial charge in [-0.3, -0.25) is 4.99 Å². The van der Waals surface area contributed by atoms with Gasteiger partial charge in [-0.2, -0.15) is 5.48 Å². The van der Waals surface area contributed by atoms with Gasteiger partial charge in [0.2, 0.25) is 5.60 Å². The van der Waals surface area contributed by atoms with Gasteiger partial charge in [0.15, 0.2) is 5.96 Å². The van der Waals surface area contributed by atoms with Crippen LogP contribution in [0, 0.1) is 0 Å². The standard InChI is InChI=1S/C33H53N5O8.Pd/c1-30(2,3)43-26(39)33(10,46-38-29(41)45-32(7,8)9)25-15-13-22-18-21(12-14-24(22)42-25)23-19-36-27(37-20-23)34-16-11-17-35-28(40)44-31(4,5)6;/h12,14,18,23,25H,11,13,15-17,19-20H2,1-10H3,(H,35,40)(H,38,41)(H2,34,36,37);/t25-,33?;/m1./s1. The van der Waals surface area contributed by atoms with Crippen LogP contribution in [0.3, 0.4) is 0 Å². The van der Waals surface area contributed by atoms with Crippen LogP contribution in [-0.4, -0.2) is 78.8 Å². The van der Waals surface area contributed by atoms with Gasteiger partial charge in [-0.05, 0) is 106 Å². The zero-order chi connectivity index (χ0) is 34.3. The van der Waals surface area contributed by atoms with Gasteiger partial charge in [0.05, 0.1) is 6.54 Å². The number of carbonyl (C=O) groups is 3. The Morgan fingerprint density at radius 3 is 2.15 bits per heavy atom. The summed E-state index contributed by atoms with van der Waals surface area (Å²) in [7, 11) is 0. The second kappa shape index (κ2) is 16.4. The van der Waals surface area contributed by atoms with Crippen molar-refractivity contribution in [3.63, 3.8) is 0 Å². The molecule has 0 spiro atoms. The van der Waals surface area contributed by atoms with E-state index in [0.717, 1.165) is 23.5 Å². The number of aryl methyl sites for hydroxylation is 1. The molecule has 13 nitrogen and oxygen atoms in total. The van der Waals surface area contributed by atoms with Crippen molar-refractivity contribution in [3.05, 3.63) is 29.3 Å². The van der Waals surface area contributed by atoms with Crippen LogP contribution in [0.2, 0.25) is 0 Å². The third kappa shape index (κ3) is 13.2. The van der Waals surface area contributed by atoms with Crippen LogP contribution in [0.15, 0.2) is 23.2 Å². The SMILES string of the molecule is CC(C)(C)OC(=O)NCCCNC1=NCC(c2ccc3c(c2)CC[C@H](C(C)(ONC(=O)OC(C)(C)C)C(=O)OC(C)(C)C)O3)CN1.[Pd]. The van der Waals surface area contributed by atoms with Gasteiger partial charge in [0, 0.05) is 46.0 Å². The number of nitrogens with zero attached hydrogens (tertiary/aromatic N) is 1. The monoisotopic (exact) mass is 753 g/mol. The Balaban J connectivity index is 0.00000768. The Morgan fingerprint density at radius 1 is 0.915 bits per heavy atom. The number of carbonyl (C=O) groups excluding carboxylic acids is 3. The van der Waals surface area contributed by atoms with Crippen LogP contribution >= 0.6 is 0 Å². The van der Waals surface area contributed by atoms with Gasteiger partial charge < -0.3 is 34.9 Å². The molecule has 268 valence electrons. The van der Waals surface area contributed by atoms with Crippen LogP contribution in [0.4, 0.5) is 9.59 Å². The topological polar surface area (TPSA) is 158 Å². The Hall–Kier alpha value is -3.08. The Morgan fingerprint density at radius 2 is 1.55 bits per heavy atom.